The summed E-state index contributed by atoms with van der Waals surface area (Å²) in [5, 5.41) is 8.38. The van der Waals surface area contributed by atoms with Crippen molar-refractivity contribution in [3.05, 3.63) is 35.9 Å². The van der Waals surface area contributed by atoms with E-state index in [1.165, 1.54) is 0 Å². The summed E-state index contributed by atoms with van der Waals surface area (Å²) in [7, 11) is 0. The first-order valence-corrected chi connectivity index (χ1v) is 2.59. The van der Waals surface area contributed by atoms with Crippen molar-refractivity contribution < 1.29 is 36.1 Å². The number of carbonyl (C=O) groups is 1. The number of aromatic carboxylic acids is 1. The number of hydrogen-bond acceptors (Lipinski definition) is 1. The van der Waals surface area contributed by atoms with Crippen molar-refractivity contribution in [3.63, 3.8) is 0 Å². The summed E-state index contributed by atoms with van der Waals surface area (Å²) < 4.78 is 0. The second-order valence-corrected chi connectivity index (χ2v) is 1.67. The summed E-state index contributed by atoms with van der Waals surface area (Å²) in [6.45, 7) is 0. The van der Waals surface area contributed by atoms with Crippen LogP contribution in [0.2, 0.25) is 0 Å². The molecule has 0 unspecified atom stereocenters. The molecule has 0 saturated heterocycles. The second kappa shape index (κ2) is 4.40. The Morgan fingerprint density at radius 2 is 1.70 bits per heavy atom. The van der Waals surface area contributed by atoms with E-state index in [4.69, 9.17) is 5.11 Å². The van der Waals surface area contributed by atoms with Crippen molar-refractivity contribution in [2.45, 2.75) is 0 Å². The number of hydrogen-bond donors (Lipinski definition) is 1. The number of benzene rings is 1. The first-order chi connectivity index (χ1) is 4.30. The van der Waals surface area contributed by atoms with Crippen LogP contribution in [0.15, 0.2) is 30.3 Å². The maximum absolute atomic E-state index is 10.2. The molecule has 1 aromatic rings. The topological polar surface area (TPSA) is 37.3 Å². The molecule has 0 spiro atoms. The molecular weight excluding hydrogens is 207 g/mol. The fourth-order valence-corrected chi connectivity index (χ4v) is 0.581. The Morgan fingerprint density at radius 3 is 2.00 bits per heavy atom. The van der Waals surface area contributed by atoms with Gasteiger partial charge in [0, 0.05) is 26.2 Å². The molecule has 0 heterocycles. The van der Waals surface area contributed by atoms with Crippen LogP contribution >= 0.6 is 0 Å². The molecule has 0 aliphatic carbocycles. The van der Waals surface area contributed by atoms with Crippen molar-refractivity contribution in [1.82, 2.24) is 0 Å². The Hall–Kier alpha value is -0.427. The van der Waals surface area contributed by atoms with Crippen molar-refractivity contribution >= 4 is 5.97 Å². The second-order valence-electron chi connectivity index (χ2n) is 1.67. The molecule has 0 aliphatic heterocycles. The molecule has 2 nitrogen and oxygen atoms in total. The number of carboxylic acids is 1. The van der Waals surface area contributed by atoms with E-state index >= 15 is 0 Å². The molecule has 1 rings (SSSR count). The van der Waals surface area contributed by atoms with Crippen LogP contribution in [-0.2, 0) is 26.2 Å². The average molecular weight is 213 g/mol. The van der Waals surface area contributed by atoms with Crippen molar-refractivity contribution in [3.8, 4) is 0 Å². The third-order valence-corrected chi connectivity index (χ3v) is 1.02. The van der Waals surface area contributed by atoms with Crippen LogP contribution < -0.4 is 0 Å². The third kappa shape index (κ3) is 2.44. The monoisotopic (exact) mass is 212 g/mol. The third-order valence-electron chi connectivity index (χ3n) is 1.02. The fourth-order valence-electron chi connectivity index (χ4n) is 0.581. The quantitative estimate of drug-likeness (QED) is 0.765. The van der Waals surface area contributed by atoms with Crippen molar-refractivity contribution in [2.24, 2.45) is 0 Å². The smallest absolute Gasteiger partial charge is 0.335 e. The molecule has 0 atom stereocenters. The van der Waals surface area contributed by atoms with Gasteiger partial charge in [0.2, 0.25) is 0 Å². The van der Waals surface area contributed by atoms with Crippen LogP contribution in [0.3, 0.4) is 0 Å². The zero-order valence-corrected chi connectivity index (χ0v) is 7.70. The minimum absolute atomic E-state index is 0. The van der Waals surface area contributed by atoms with Gasteiger partial charge in [0.25, 0.3) is 0 Å². The molecule has 3 heteroatoms. The molecule has 1 aromatic carbocycles. The molecule has 0 amide bonds. The molecule has 0 radical (unpaired) electrons. The standard InChI is InChI=1S/C7H6O2.Zr/c8-7(9)6-4-2-1-3-5-6;/h1-5H,(H,8,9);. The van der Waals surface area contributed by atoms with Gasteiger partial charge >= 0.3 is 5.97 Å². The Balaban J connectivity index is 0.000000810. The Morgan fingerprint density at radius 1 is 1.20 bits per heavy atom. The molecule has 0 fully saturated rings. The first kappa shape index (κ1) is 9.57. The van der Waals surface area contributed by atoms with Gasteiger partial charge in [-0.25, -0.2) is 4.79 Å². The minimum atomic E-state index is -0.879. The zero-order valence-electron chi connectivity index (χ0n) is 5.24. The Labute approximate surface area is 78.0 Å². The number of carboxylic acid groups (broad SMARTS) is 1. The van der Waals surface area contributed by atoms with Crippen LogP contribution in [0.1, 0.15) is 10.4 Å². The molecule has 10 heavy (non-hydrogen) atoms. The van der Waals surface area contributed by atoms with E-state index in [0.29, 0.717) is 5.56 Å². The van der Waals surface area contributed by atoms with Gasteiger partial charge in [0.05, 0.1) is 5.56 Å². The largest absolute Gasteiger partial charge is 0.478 e. The zero-order chi connectivity index (χ0) is 6.69. The molecule has 0 bridgehead atoms. The molecule has 50 valence electrons. The van der Waals surface area contributed by atoms with Crippen LogP contribution in [-0.4, -0.2) is 11.1 Å². The van der Waals surface area contributed by atoms with Crippen LogP contribution in [0.25, 0.3) is 0 Å². The fraction of sp³-hybridized carbons (Fsp3) is 0. The van der Waals surface area contributed by atoms with E-state index in [0.717, 1.165) is 0 Å². The SMILES string of the molecule is O=C(O)c1ccccc1.[Zr]. The van der Waals surface area contributed by atoms with Gasteiger partial charge in [-0.2, -0.15) is 0 Å². The number of rotatable bonds is 1. The summed E-state index contributed by atoms with van der Waals surface area (Å²) in [5.74, 6) is -0.879. The predicted octanol–water partition coefficient (Wildman–Crippen LogP) is 1.38. The van der Waals surface area contributed by atoms with E-state index < -0.39 is 5.97 Å². The minimum Gasteiger partial charge on any atom is -0.478 e. The average Bonchev–Trinajstić information content (AvgIpc) is 1.90. The van der Waals surface area contributed by atoms with Gasteiger partial charge in [0.15, 0.2) is 0 Å². The van der Waals surface area contributed by atoms with Crippen LogP contribution in [0.4, 0.5) is 0 Å². The van der Waals surface area contributed by atoms with E-state index in [1.54, 1.807) is 30.3 Å². The molecule has 0 saturated carbocycles. The van der Waals surface area contributed by atoms with E-state index in [9.17, 15) is 4.79 Å². The van der Waals surface area contributed by atoms with E-state index in [-0.39, 0.29) is 26.2 Å². The van der Waals surface area contributed by atoms with Gasteiger partial charge in [-0.15, -0.1) is 0 Å². The summed E-state index contributed by atoms with van der Waals surface area (Å²) in [6, 6.07) is 8.30. The van der Waals surface area contributed by atoms with Gasteiger partial charge in [-0.1, -0.05) is 18.2 Å². The van der Waals surface area contributed by atoms with Gasteiger partial charge in [-0.05, 0) is 12.1 Å². The predicted molar refractivity (Wildman–Crippen MR) is 33.4 cm³/mol. The van der Waals surface area contributed by atoms with E-state index in [1.807, 2.05) is 0 Å². The summed E-state index contributed by atoms with van der Waals surface area (Å²) in [6.07, 6.45) is 0. The maximum atomic E-state index is 10.2. The van der Waals surface area contributed by atoms with E-state index in [2.05, 4.69) is 0 Å². The van der Waals surface area contributed by atoms with Crippen LogP contribution in [0, 0.1) is 0 Å². The van der Waals surface area contributed by atoms with Gasteiger partial charge in [0.1, 0.15) is 0 Å². The van der Waals surface area contributed by atoms with Crippen molar-refractivity contribution in [2.75, 3.05) is 0 Å². The van der Waals surface area contributed by atoms with Gasteiger partial charge in [-0.3, -0.25) is 0 Å². The van der Waals surface area contributed by atoms with Gasteiger partial charge < -0.3 is 5.11 Å². The first-order valence-electron chi connectivity index (χ1n) is 2.59. The summed E-state index contributed by atoms with van der Waals surface area (Å²) in [4.78, 5) is 10.2. The summed E-state index contributed by atoms with van der Waals surface area (Å²) >= 11 is 0. The molecule has 0 aromatic heterocycles. The maximum Gasteiger partial charge on any atom is 0.335 e. The Kier molecular flexibility index (Phi) is 4.21. The van der Waals surface area contributed by atoms with Crippen molar-refractivity contribution in [1.29, 1.82) is 0 Å². The molecule has 0 aliphatic rings. The Bertz CT molecular complexity index is 208. The van der Waals surface area contributed by atoms with Crippen LogP contribution in [0.5, 0.6) is 0 Å². The molecule has 1 N–H and O–H groups in total. The normalized spacial score (nSPS) is 8.00. The molecular formula is C7H6O2Zr. The summed E-state index contributed by atoms with van der Waals surface area (Å²) in [5.41, 5.74) is 0.331.